The molecule has 20 heavy (non-hydrogen) atoms. The summed E-state index contributed by atoms with van der Waals surface area (Å²) >= 11 is 0. The first-order valence-electron chi connectivity index (χ1n) is 6.27. The summed E-state index contributed by atoms with van der Waals surface area (Å²) in [5.74, 6) is -0.244. The number of nitrogens with two attached hydrogens (primary N) is 1. The van der Waals surface area contributed by atoms with Crippen molar-refractivity contribution in [1.29, 1.82) is 0 Å². The number of nitrogens with zero attached hydrogens (tertiary/aromatic N) is 3. The highest BCUT2D eigenvalue weighted by molar-refractivity contribution is 5.95. The summed E-state index contributed by atoms with van der Waals surface area (Å²) in [4.78, 5) is 26.0. The monoisotopic (exact) mass is 280 g/mol. The number of benzene rings is 1. The Labute approximate surface area is 118 Å². The molecule has 0 saturated carbocycles. The molecule has 0 atom stereocenters. The van der Waals surface area contributed by atoms with Crippen molar-refractivity contribution in [2.24, 2.45) is 0 Å². The van der Waals surface area contributed by atoms with E-state index in [1.54, 1.807) is 11.9 Å². The molecule has 7 heteroatoms. The number of carbonyl (C=O) groups is 1. The normalized spacial score (nSPS) is 10.6. The Morgan fingerprint density at radius 2 is 1.95 bits per heavy atom. The molecule has 0 heterocycles. The first kappa shape index (κ1) is 15.9. The molecule has 0 radical (unpaired) electrons. The van der Waals surface area contributed by atoms with E-state index >= 15 is 0 Å². The van der Waals surface area contributed by atoms with Crippen molar-refractivity contribution in [3.8, 4) is 0 Å². The highest BCUT2D eigenvalue weighted by Gasteiger charge is 2.17. The summed E-state index contributed by atoms with van der Waals surface area (Å²) in [6.45, 7) is 1.47. The van der Waals surface area contributed by atoms with Crippen molar-refractivity contribution >= 4 is 17.3 Å². The zero-order chi connectivity index (χ0) is 15.3. The van der Waals surface area contributed by atoms with Crippen LogP contribution in [-0.2, 0) is 0 Å². The maximum absolute atomic E-state index is 12.2. The van der Waals surface area contributed by atoms with E-state index in [0.29, 0.717) is 6.54 Å². The largest absolute Gasteiger partial charge is 0.393 e. The summed E-state index contributed by atoms with van der Waals surface area (Å²) in [5.41, 5.74) is 5.60. The molecule has 110 valence electrons. The molecule has 0 aliphatic heterocycles. The maximum Gasteiger partial charge on any atom is 0.292 e. The second-order valence-corrected chi connectivity index (χ2v) is 4.91. The van der Waals surface area contributed by atoms with Crippen LogP contribution in [0.1, 0.15) is 16.8 Å². The Morgan fingerprint density at radius 1 is 1.30 bits per heavy atom. The summed E-state index contributed by atoms with van der Waals surface area (Å²) < 4.78 is 0. The molecule has 2 N–H and O–H groups in total. The molecule has 1 rings (SSSR count). The minimum atomic E-state index is -0.585. The van der Waals surface area contributed by atoms with Crippen LogP contribution in [0.5, 0.6) is 0 Å². The number of hydrogen-bond acceptors (Lipinski definition) is 5. The number of anilines is 1. The van der Waals surface area contributed by atoms with Gasteiger partial charge in [-0.15, -0.1) is 0 Å². The molecule has 7 nitrogen and oxygen atoms in total. The lowest BCUT2D eigenvalue weighted by molar-refractivity contribution is -0.383. The minimum absolute atomic E-state index is 0.0572. The van der Waals surface area contributed by atoms with Gasteiger partial charge in [-0.3, -0.25) is 14.9 Å². The molecular formula is C13H20N4O3. The zero-order valence-electron chi connectivity index (χ0n) is 12.0. The second-order valence-electron chi connectivity index (χ2n) is 4.91. The first-order chi connectivity index (χ1) is 9.32. The molecular weight excluding hydrogens is 260 g/mol. The molecule has 0 fully saturated rings. The van der Waals surface area contributed by atoms with Crippen LogP contribution in [0.3, 0.4) is 0 Å². The number of nitro benzene ring substituents is 1. The average molecular weight is 280 g/mol. The van der Waals surface area contributed by atoms with Crippen LogP contribution >= 0.6 is 0 Å². The number of hydrogen-bond donors (Lipinski definition) is 1. The summed E-state index contributed by atoms with van der Waals surface area (Å²) in [6.07, 6.45) is 0.840. The number of carbonyl (C=O) groups excluding carboxylic acids is 1. The number of rotatable bonds is 6. The molecule has 0 aliphatic rings. The van der Waals surface area contributed by atoms with E-state index in [-0.39, 0.29) is 22.8 Å². The van der Waals surface area contributed by atoms with Gasteiger partial charge in [0.1, 0.15) is 5.69 Å². The van der Waals surface area contributed by atoms with Crippen molar-refractivity contribution in [2.45, 2.75) is 6.42 Å². The van der Waals surface area contributed by atoms with Gasteiger partial charge in [0.05, 0.1) is 4.92 Å². The van der Waals surface area contributed by atoms with Crippen LogP contribution in [0.25, 0.3) is 0 Å². The van der Waals surface area contributed by atoms with Crippen molar-refractivity contribution in [1.82, 2.24) is 9.80 Å². The molecule has 0 aromatic heterocycles. The van der Waals surface area contributed by atoms with Gasteiger partial charge < -0.3 is 15.5 Å². The third-order valence-corrected chi connectivity index (χ3v) is 2.92. The average Bonchev–Trinajstić information content (AvgIpc) is 2.37. The molecule has 0 saturated heterocycles. The van der Waals surface area contributed by atoms with Gasteiger partial charge in [-0.05, 0) is 39.2 Å². The van der Waals surface area contributed by atoms with Gasteiger partial charge >= 0.3 is 0 Å². The lowest BCUT2D eigenvalue weighted by Crippen LogP contribution is -2.29. The zero-order valence-corrected chi connectivity index (χ0v) is 12.0. The Hall–Kier alpha value is -2.15. The lowest BCUT2D eigenvalue weighted by atomic mass is 10.1. The van der Waals surface area contributed by atoms with E-state index in [9.17, 15) is 14.9 Å². The quantitative estimate of drug-likeness (QED) is 0.480. The van der Waals surface area contributed by atoms with Crippen molar-refractivity contribution < 1.29 is 9.72 Å². The van der Waals surface area contributed by atoms with Gasteiger partial charge in [-0.2, -0.15) is 0 Å². The van der Waals surface area contributed by atoms with Gasteiger partial charge in [0.25, 0.3) is 11.6 Å². The van der Waals surface area contributed by atoms with E-state index in [1.807, 2.05) is 19.0 Å². The summed E-state index contributed by atoms with van der Waals surface area (Å²) in [6, 6.07) is 4.12. The van der Waals surface area contributed by atoms with E-state index < -0.39 is 4.92 Å². The Morgan fingerprint density at radius 3 is 2.50 bits per heavy atom. The number of nitrogen functional groups attached to an aromatic ring is 1. The third kappa shape index (κ3) is 4.20. The van der Waals surface area contributed by atoms with Gasteiger partial charge in [-0.1, -0.05) is 0 Å². The Bertz CT molecular complexity index is 502. The molecule has 1 amide bonds. The van der Waals surface area contributed by atoms with E-state index in [0.717, 1.165) is 13.0 Å². The van der Waals surface area contributed by atoms with Crippen molar-refractivity contribution in [3.63, 3.8) is 0 Å². The van der Waals surface area contributed by atoms with Crippen molar-refractivity contribution in [2.75, 3.05) is 40.0 Å². The maximum atomic E-state index is 12.2. The van der Waals surface area contributed by atoms with Gasteiger partial charge in [-0.25, -0.2) is 0 Å². The standard InChI is InChI=1S/C13H20N4O3/c1-15(2)7-4-8-16(3)13(18)10-5-6-11(14)12(9-10)17(19)20/h5-6,9H,4,7-8,14H2,1-3H3. The fraction of sp³-hybridized carbons (Fsp3) is 0.462. The molecule has 0 unspecified atom stereocenters. The number of amides is 1. The van der Waals surface area contributed by atoms with Gasteiger partial charge in [0.15, 0.2) is 0 Å². The lowest BCUT2D eigenvalue weighted by Gasteiger charge is -2.18. The van der Waals surface area contributed by atoms with Crippen LogP contribution in [-0.4, -0.2) is 54.9 Å². The fourth-order valence-corrected chi connectivity index (χ4v) is 1.78. The molecule has 0 spiro atoms. The highest BCUT2D eigenvalue weighted by Crippen LogP contribution is 2.22. The van der Waals surface area contributed by atoms with Crippen LogP contribution in [0.4, 0.5) is 11.4 Å². The Kier molecular flexibility index (Phi) is 5.45. The van der Waals surface area contributed by atoms with Crippen LogP contribution < -0.4 is 5.73 Å². The van der Waals surface area contributed by atoms with Crippen LogP contribution in [0, 0.1) is 10.1 Å². The van der Waals surface area contributed by atoms with Gasteiger partial charge in [0.2, 0.25) is 0 Å². The third-order valence-electron chi connectivity index (χ3n) is 2.92. The molecule has 0 bridgehead atoms. The topological polar surface area (TPSA) is 92.7 Å². The fourth-order valence-electron chi connectivity index (χ4n) is 1.78. The summed E-state index contributed by atoms with van der Waals surface area (Å²) in [5, 5.41) is 10.8. The molecule has 1 aromatic carbocycles. The molecule has 1 aromatic rings. The van der Waals surface area contributed by atoms with E-state index in [2.05, 4.69) is 0 Å². The predicted octanol–water partition coefficient (Wildman–Crippen LogP) is 1.20. The van der Waals surface area contributed by atoms with E-state index in [1.165, 1.54) is 18.2 Å². The van der Waals surface area contributed by atoms with E-state index in [4.69, 9.17) is 5.73 Å². The number of nitro groups is 1. The van der Waals surface area contributed by atoms with Crippen LogP contribution in [0.15, 0.2) is 18.2 Å². The smallest absolute Gasteiger partial charge is 0.292 e. The van der Waals surface area contributed by atoms with Crippen LogP contribution in [0.2, 0.25) is 0 Å². The first-order valence-corrected chi connectivity index (χ1v) is 6.27. The Balaban J connectivity index is 2.76. The predicted molar refractivity (Wildman–Crippen MR) is 77.6 cm³/mol. The van der Waals surface area contributed by atoms with Gasteiger partial charge in [0, 0.05) is 25.2 Å². The SMILES string of the molecule is CN(C)CCCN(C)C(=O)c1ccc(N)c([N+](=O)[O-])c1. The highest BCUT2D eigenvalue weighted by atomic mass is 16.6. The molecule has 0 aliphatic carbocycles. The summed E-state index contributed by atoms with van der Waals surface area (Å²) in [7, 11) is 5.61. The minimum Gasteiger partial charge on any atom is -0.393 e. The second kappa shape index (κ2) is 6.85. The van der Waals surface area contributed by atoms with Crippen molar-refractivity contribution in [3.05, 3.63) is 33.9 Å².